The number of amides is 1. The van der Waals surface area contributed by atoms with E-state index in [0.717, 1.165) is 31.7 Å². The molecule has 23 heavy (non-hydrogen) atoms. The van der Waals surface area contributed by atoms with Crippen molar-refractivity contribution in [2.45, 2.75) is 5.25 Å². The third-order valence-electron chi connectivity index (χ3n) is 4.79. The fraction of sp³-hybridized carbons (Fsp3) is 0.529. The molecule has 0 bridgehead atoms. The Bertz CT molecular complexity index is 592. The first kappa shape index (κ1) is 16.5. The summed E-state index contributed by atoms with van der Waals surface area (Å²) in [6.45, 7) is 3.61. The smallest absolute Gasteiger partial charge is 0.269 e. The minimum Gasteiger partial charge on any atom is -0.337 e. The summed E-state index contributed by atoms with van der Waals surface area (Å²) in [5.41, 5.74) is 1.46. The van der Waals surface area contributed by atoms with Gasteiger partial charge in [-0.25, -0.2) is 4.39 Å². The molecule has 2 heterocycles. The monoisotopic (exact) mass is 335 g/mol. The van der Waals surface area contributed by atoms with Crippen molar-refractivity contribution in [3.8, 4) is 0 Å². The summed E-state index contributed by atoms with van der Waals surface area (Å²) in [6.07, 6.45) is 1.95. The van der Waals surface area contributed by atoms with Gasteiger partial charge in [-0.05, 0) is 35.8 Å². The van der Waals surface area contributed by atoms with Gasteiger partial charge >= 0.3 is 0 Å². The molecule has 1 aromatic carbocycles. The second kappa shape index (κ2) is 7.01. The third kappa shape index (κ3) is 3.28. The number of benzene rings is 1. The van der Waals surface area contributed by atoms with E-state index >= 15 is 0 Å². The average Bonchev–Trinajstić information content (AvgIpc) is 3.14. The Morgan fingerprint density at radius 3 is 2.43 bits per heavy atom. The molecule has 3 rings (SSSR count). The summed E-state index contributed by atoms with van der Waals surface area (Å²) in [4.78, 5) is 19.2. The summed E-state index contributed by atoms with van der Waals surface area (Å²) >= 11 is 1.56. The molecule has 3 atom stereocenters. The van der Waals surface area contributed by atoms with Gasteiger partial charge in [0.15, 0.2) is 0 Å². The molecule has 6 heteroatoms. The number of nitrogens with one attached hydrogen (secondary N) is 1. The molecule has 0 saturated carbocycles. The van der Waals surface area contributed by atoms with E-state index < -0.39 is 0 Å². The predicted molar refractivity (Wildman–Crippen MR) is 92.4 cm³/mol. The van der Waals surface area contributed by atoms with E-state index in [-0.39, 0.29) is 17.0 Å². The molecule has 2 aliphatic heterocycles. The van der Waals surface area contributed by atoms with E-state index in [1.54, 1.807) is 30.9 Å². The SMILES string of the molecule is CN=C(C(=O)N1CC2CNCC2C1)C(SC)c1ccc(F)cc1. The predicted octanol–water partition coefficient (Wildman–Crippen LogP) is 1.98. The van der Waals surface area contributed by atoms with E-state index in [1.165, 1.54) is 12.1 Å². The van der Waals surface area contributed by atoms with Crippen LogP contribution in [0.15, 0.2) is 29.3 Å². The maximum absolute atomic E-state index is 13.2. The van der Waals surface area contributed by atoms with Gasteiger partial charge in [0.2, 0.25) is 0 Å². The molecule has 1 aromatic rings. The quantitative estimate of drug-likeness (QED) is 0.856. The molecule has 2 aliphatic rings. The lowest BCUT2D eigenvalue weighted by molar-refractivity contribution is -0.123. The first-order valence-corrected chi connectivity index (χ1v) is 9.17. The molecule has 1 amide bonds. The summed E-state index contributed by atoms with van der Waals surface area (Å²) in [7, 11) is 1.67. The number of fused-ring (bicyclic) bond motifs is 1. The highest BCUT2D eigenvalue weighted by atomic mass is 32.2. The molecule has 0 radical (unpaired) electrons. The number of aliphatic imine (C=N–C) groups is 1. The maximum Gasteiger partial charge on any atom is 0.269 e. The van der Waals surface area contributed by atoms with E-state index in [0.29, 0.717) is 17.5 Å². The fourth-order valence-electron chi connectivity index (χ4n) is 3.55. The van der Waals surface area contributed by atoms with Gasteiger partial charge in [0.1, 0.15) is 11.5 Å². The molecule has 2 fully saturated rings. The van der Waals surface area contributed by atoms with E-state index in [9.17, 15) is 9.18 Å². The lowest BCUT2D eigenvalue weighted by Crippen LogP contribution is -2.38. The van der Waals surface area contributed by atoms with Crippen LogP contribution in [0.25, 0.3) is 0 Å². The Morgan fingerprint density at radius 1 is 1.30 bits per heavy atom. The van der Waals surface area contributed by atoms with Crippen LogP contribution in [0, 0.1) is 17.7 Å². The number of nitrogens with zero attached hydrogens (tertiary/aromatic N) is 2. The minimum absolute atomic E-state index is 0.0191. The highest BCUT2D eigenvalue weighted by Gasteiger charge is 2.40. The van der Waals surface area contributed by atoms with Gasteiger partial charge in [-0.2, -0.15) is 11.8 Å². The number of carbonyl (C=O) groups excluding carboxylic acids is 1. The Labute approximate surface area is 140 Å². The van der Waals surface area contributed by atoms with Gasteiger partial charge in [0, 0.05) is 33.2 Å². The molecule has 0 aromatic heterocycles. The number of likely N-dealkylation sites (tertiary alicyclic amines) is 1. The van der Waals surface area contributed by atoms with Crippen molar-refractivity contribution < 1.29 is 9.18 Å². The van der Waals surface area contributed by atoms with Gasteiger partial charge in [0.25, 0.3) is 5.91 Å². The molecule has 3 unspecified atom stereocenters. The van der Waals surface area contributed by atoms with Crippen LogP contribution in [0.1, 0.15) is 10.8 Å². The molecule has 0 aliphatic carbocycles. The Morgan fingerprint density at radius 2 is 1.91 bits per heavy atom. The lowest BCUT2D eigenvalue weighted by Gasteiger charge is -2.23. The second-order valence-electron chi connectivity index (χ2n) is 6.16. The zero-order chi connectivity index (χ0) is 16.4. The van der Waals surface area contributed by atoms with Crippen molar-refractivity contribution in [2.24, 2.45) is 16.8 Å². The van der Waals surface area contributed by atoms with Gasteiger partial charge in [-0.15, -0.1) is 0 Å². The molecule has 4 nitrogen and oxygen atoms in total. The molecular formula is C17H22FN3OS. The van der Waals surface area contributed by atoms with E-state index in [4.69, 9.17) is 0 Å². The topological polar surface area (TPSA) is 44.7 Å². The van der Waals surface area contributed by atoms with Crippen LogP contribution in [0.3, 0.4) is 0 Å². The van der Waals surface area contributed by atoms with Gasteiger partial charge in [-0.1, -0.05) is 12.1 Å². The van der Waals surface area contributed by atoms with Gasteiger partial charge < -0.3 is 10.2 Å². The van der Waals surface area contributed by atoms with Crippen molar-refractivity contribution in [3.63, 3.8) is 0 Å². The minimum atomic E-state index is -0.269. The van der Waals surface area contributed by atoms with Crippen LogP contribution in [0.4, 0.5) is 4.39 Å². The molecule has 2 saturated heterocycles. The van der Waals surface area contributed by atoms with Crippen LogP contribution in [-0.2, 0) is 4.79 Å². The Balaban J connectivity index is 1.78. The standard InChI is InChI=1S/C17H22FN3OS/c1-19-15(16(23-2)11-3-5-14(18)6-4-11)17(22)21-9-12-7-20-8-13(12)10-21/h3-6,12-13,16,20H,7-10H2,1-2H3. The van der Waals surface area contributed by atoms with Crippen LogP contribution < -0.4 is 5.32 Å². The fourth-order valence-corrected chi connectivity index (χ4v) is 4.41. The molecule has 124 valence electrons. The number of carbonyl (C=O) groups is 1. The van der Waals surface area contributed by atoms with E-state index in [2.05, 4.69) is 10.3 Å². The summed E-state index contributed by atoms with van der Waals surface area (Å²) < 4.78 is 13.2. The van der Waals surface area contributed by atoms with Crippen LogP contribution >= 0.6 is 11.8 Å². The van der Waals surface area contributed by atoms with Crippen molar-refractivity contribution in [3.05, 3.63) is 35.6 Å². The number of halogens is 1. The summed E-state index contributed by atoms with van der Waals surface area (Å²) in [5, 5.41) is 3.22. The molecule has 0 spiro atoms. The van der Waals surface area contributed by atoms with Gasteiger partial charge in [-0.3, -0.25) is 9.79 Å². The van der Waals surface area contributed by atoms with Gasteiger partial charge in [0.05, 0.1) is 5.25 Å². The van der Waals surface area contributed by atoms with Crippen molar-refractivity contribution in [2.75, 3.05) is 39.5 Å². The Hall–Kier alpha value is -1.40. The van der Waals surface area contributed by atoms with Crippen LogP contribution in [0.5, 0.6) is 0 Å². The van der Waals surface area contributed by atoms with Crippen molar-refractivity contribution in [1.29, 1.82) is 0 Å². The van der Waals surface area contributed by atoms with E-state index in [1.807, 2.05) is 11.2 Å². The summed E-state index contributed by atoms with van der Waals surface area (Å²) in [6, 6.07) is 6.33. The zero-order valence-electron chi connectivity index (χ0n) is 13.5. The largest absolute Gasteiger partial charge is 0.337 e. The second-order valence-corrected chi connectivity index (χ2v) is 7.11. The highest BCUT2D eigenvalue weighted by Crippen LogP contribution is 2.32. The number of rotatable bonds is 4. The van der Waals surface area contributed by atoms with Crippen LogP contribution in [-0.4, -0.2) is 56.0 Å². The normalized spacial score (nSPS) is 25.5. The lowest BCUT2D eigenvalue weighted by atomic mass is 10.0. The first-order valence-electron chi connectivity index (χ1n) is 7.89. The summed E-state index contributed by atoms with van der Waals surface area (Å²) in [5.74, 6) is 0.881. The van der Waals surface area contributed by atoms with Crippen molar-refractivity contribution >= 4 is 23.4 Å². The first-order chi connectivity index (χ1) is 11.1. The highest BCUT2D eigenvalue weighted by molar-refractivity contribution is 7.99. The number of hydrogen-bond donors (Lipinski definition) is 1. The average molecular weight is 335 g/mol. The third-order valence-corrected chi connectivity index (χ3v) is 5.76. The van der Waals surface area contributed by atoms with Crippen molar-refractivity contribution in [1.82, 2.24) is 10.2 Å². The van der Waals surface area contributed by atoms with Crippen LogP contribution in [0.2, 0.25) is 0 Å². The zero-order valence-corrected chi connectivity index (χ0v) is 14.3. The number of thioether (sulfide) groups is 1. The molecule has 1 N–H and O–H groups in total. The molecular weight excluding hydrogens is 313 g/mol. The number of hydrogen-bond acceptors (Lipinski definition) is 4. The Kier molecular flexibility index (Phi) is 5.02. The maximum atomic E-state index is 13.2.